The van der Waals surface area contributed by atoms with Crippen molar-refractivity contribution in [1.29, 1.82) is 0 Å². The summed E-state index contributed by atoms with van der Waals surface area (Å²) >= 11 is 0. The summed E-state index contributed by atoms with van der Waals surface area (Å²) in [5.74, 6) is -1.76. The number of H-pyrrole nitrogens is 2. The van der Waals surface area contributed by atoms with Gasteiger partial charge in [0.15, 0.2) is 28.6 Å². The quantitative estimate of drug-likeness (QED) is 0.0823. The second-order valence-corrected chi connectivity index (χ2v) is 11.0. The fourth-order valence-corrected chi connectivity index (χ4v) is 6.03. The number of rotatable bonds is 8. The van der Waals surface area contributed by atoms with Gasteiger partial charge in [0.25, 0.3) is 11.1 Å². The minimum Gasteiger partial charge on any atom is -0.394 e. The molecule has 4 aromatic heterocycles. The topological polar surface area (TPSA) is 317 Å². The minimum absolute atomic E-state index is 0.0373. The van der Waals surface area contributed by atoms with Gasteiger partial charge < -0.3 is 41.6 Å². The Morgan fingerprint density at radius 1 is 0.889 bits per heavy atom. The monoisotopic (exact) mass is 628 g/mol. The van der Waals surface area contributed by atoms with E-state index in [-0.39, 0.29) is 47.2 Å². The molecule has 9 unspecified atom stereocenters. The van der Waals surface area contributed by atoms with Crippen molar-refractivity contribution in [3.63, 3.8) is 0 Å². The highest BCUT2D eigenvalue weighted by molar-refractivity contribution is 6.49. The summed E-state index contributed by atoms with van der Waals surface area (Å²) in [5.41, 5.74) is 10.4. The van der Waals surface area contributed by atoms with Gasteiger partial charge in [0.2, 0.25) is 23.5 Å². The number of aliphatic hydroxyl groups excluding tert-OH is 3. The van der Waals surface area contributed by atoms with Crippen LogP contribution in [-0.4, -0.2) is 122 Å². The highest BCUT2D eigenvalue weighted by Gasteiger charge is 2.54. The number of nitrogen functional groups attached to an aromatic ring is 2. The van der Waals surface area contributed by atoms with E-state index in [1.165, 1.54) is 21.8 Å². The second kappa shape index (κ2) is 10.8. The lowest BCUT2D eigenvalue weighted by Crippen LogP contribution is -2.72. The highest BCUT2D eigenvalue weighted by atomic mass is 16.5. The van der Waals surface area contributed by atoms with Gasteiger partial charge in [0.1, 0.15) is 18.4 Å². The van der Waals surface area contributed by atoms with Gasteiger partial charge in [-0.3, -0.25) is 43.6 Å². The Labute approximate surface area is 249 Å². The maximum absolute atomic E-state index is 12.6. The summed E-state index contributed by atoms with van der Waals surface area (Å²) in [6.07, 6.45) is -3.42. The normalized spacial score (nSPS) is 31.8. The molecule has 0 bridgehead atoms. The molecule has 9 atom stereocenters. The van der Waals surface area contributed by atoms with Crippen LogP contribution in [0.2, 0.25) is 0 Å². The molecule has 0 amide bonds. The van der Waals surface area contributed by atoms with E-state index < -0.39 is 84.3 Å². The van der Waals surface area contributed by atoms with E-state index in [0.717, 1.165) is 0 Å². The molecule has 0 spiro atoms. The summed E-state index contributed by atoms with van der Waals surface area (Å²) in [7, 11) is 0. The van der Waals surface area contributed by atoms with Crippen molar-refractivity contribution < 1.29 is 34.4 Å². The number of carbonyl (C=O) groups is 2. The van der Waals surface area contributed by atoms with Crippen LogP contribution in [0, 0.1) is 0 Å². The summed E-state index contributed by atoms with van der Waals surface area (Å²) in [5, 5.41) is 37.7. The number of fused-ring (bicyclic) bond motifs is 2. The Morgan fingerprint density at radius 2 is 1.49 bits per heavy atom. The average Bonchev–Trinajstić information content (AvgIpc) is 3.77. The number of aromatic nitrogens is 8. The molecule has 11 N–H and O–H groups in total. The van der Waals surface area contributed by atoms with Gasteiger partial charge in [0.05, 0.1) is 49.6 Å². The van der Waals surface area contributed by atoms with Crippen molar-refractivity contribution in [3.8, 4) is 0 Å². The predicted octanol–water partition coefficient (Wildman–Crippen LogP) is -5.25. The van der Waals surface area contributed by atoms with E-state index in [1.807, 2.05) is 0 Å². The number of aromatic amines is 2. The Hall–Kier alpha value is -4.64. The third kappa shape index (κ3) is 4.68. The molecule has 0 radical (unpaired) electrons. The lowest BCUT2D eigenvalue weighted by atomic mass is 9.81. The van der Waals surface area contributed by atoms with Gasteiger partial charge in [-0.05, 0) is 0 Å². The number of aliphatic hydroxyl groups is 3. The van der Waals surface area contributed by atoms with Crippen LogP contribution in [0.15, 0.2) is 22.2 Å². The number of imidazole rings is 2. The largest absolute Gasteiger partial charge is 0.394 e. The fraction of sp³-hybridized carbons (Fsp3) is 0.500. The van der Waals surface area contributed by atoms with Crippen molar-refractivity contribution in [2.24, 2.45) is 0 Å². The Balaban J connectivity index is 1.03. The number of Topliss-reactive ketones (excluding diaryl/α,β-unsaturated/α-hetero) is 2. The molecule has 1 saturated carbocycles. The summed E-state index contributed by atoms with van der Waals surface area (Å²) in [6.45, 7) is -0.597. The Bertz CT molecular complexity index is 1940. The number of ketones is 2. The number of ether oxygens (including phenoxy) is 2. The third-order valence-corrected chi connectivity index (χ3v) is 8.30. The number of nitrogens with zero attached hydrogens (tertiary/aromatic N) is 6. The number of hydrogen-bond donors (Lipinski definition) is 9. The lowest BCUT2D eigenvalue weighted by molar-refractivity contribution is -0.148. The summed E-state index contributed by atoms with van der Waals surface area (Å²) in [4.78, 5) is 70.4. The number of nitrogens with one attached hydrogen (secondary N) is 4. The van der Waals surface area contributed by atoms with Crippen molar-refractivity contribution in [2.75, 3.05) is 24.6 Å². The predicted molar refractivity (Wildman–Crippen MR) is 149 cm³/mol. The van der Waals surface area contributed by atoms with Crippen molar-refractivity contribution >= 4 is 45.8 Å². The van der Waals surface area contributed by atoms with Crippen LogP contribution >= 0.6 is 0 Å². The van der Waals surface area contributed by atoms with Crippen LogP contribution in [0.3, 0.4) is 0 Å². The zero-order valence-corrected chi connectivity index (χ0v) is 23.1. The molecule has 6 heterocycles. The molecule has 238 valence electrons. The van der Waals surface area contributed by atoms with Gasteiger partial charge in [-0.1, -0.05) is 0 Å². The van der Waals surface area contributed by atoms with E-state index in [0.29, 0.717) is 0 Å². The molecule has 7 rings (SSSR count). The summed E-state index contributed by atoms with van der Waals surface area (Å²) < 4.78 is 14.6. The first-order chi connectivity index (χ1) is 21.5. The van der Waals surface area contributed by atoms with Gasteiger partial charge in [-0.2, -0.15) is 9.97 Å². The smallest absolute Gasteiger partial charge is 0.280 e. The van der Waals surface area contributed by atoms with Gasteiger partial charge in [-0.25, -0.2) is 9.97 Å². The first-order valence-corrected chi connectivity index (χ1v) is 13.9. The third-order valence-electron chi connectivity index (χ3n) is 8.30. The highest BCUT2D eigenvalue weighted by Crippen LogP contribution is 2.33. The molecule has 3 aliphatic rings. The summed E-state index contributed by atoms with van der Waals surface area (Å²) in [6, 6.07) is -3.17. The minimum atomic E-state index is -1.38. The zero-order chi connectivity index (χ0) is 31.7. The fourth-order valence-electron chi connectivity index (χ4n) is 6.03. The molecule has 21 heteroatoms. The molecular formula is C24H28N12O9. The Kier molecular flexibility index (Phi) is 6.96. The van der Waals surface area contributed by atoms with E-state index in [4.69, 9.17) is 20.9 Å². The first kappa shape index (κ1) is 29.1. The van der Waals surface area contributed by atoms with E-state index in [1.54, 1.807) is 0 Å². The molecule has 3 fully saturated rings. The standard InChI is InChI=1S/C24H28N12O9/c25-23-31-18-13(20(42)33-23)28-4-35(18)9-1-6(38)7(44-9)2-27-11-12(16(40)15(11)39)30-10-8(3-37)45-22(17(10)41)36-5-29-14-19(36)32-24(26)34-21(14)43/h4-12,17,22,27,30,37-38,41H,1-3H2,(H3,25,31,33,42)(H3,26,32,34,43). The molecule has 4 aromatic rings. The molecular weight excluding hydrogens is 600 g/mol. The number of carbonyl (C=O) groups excluding carboxylic acids is 2. The van der Waals surface area contributed by atoms with Crippen LogP contribution < -0.4 is 33.2 Å². The lowest BCUT2D eigenvalue weighted by Gasteiger charge is -2.38. The number of hydrogen-bond acceptors (Lipinski definition) is 17. The van der Waals surface area contributed by atoms with Crippen LogP contribution in [0.5, 0.6) is 0 Å². The first-order valence-electron chi connectivity index (χ1n) is 13.9. The van der Waals surface area contributed by atoms with E-state index >= 15 is 0 Å². The maximum Gasteiger partial charge on any atom is 0.280 e. The van der Waals surface area contributed by atoms with Gasteiger partial charge in [-0.15, -0.1) is 0 Å². The van der Waals surface area contributed by atoms with Crippen molar-refractivity contribution in [2.45, 2.75) is 61.4 Å². The van der Waals surface area contributed by atoms with Crippen LogP contribution in [0.1, 0.15) is 18.9 Å². The Morgan fingerprint density at radius 3 is 2.13 bits per heavy atom. The average molecular weight is 629 g/mol. The van der Waals surface area contributed by atoms with Crippen molar-refractivity contribution in [3.05, 3.63) is 33.4 Å². The van der Waals surface area contributed by atoms with Crippen molar-refractivity contribution in [1.82, 2.24) is 49.7 Å². The number of anilines is 2. The molecule has 2 saturated heterocycles. The molecule has 21 nitrogen and oxygen atoms in total. The van der Waals surface area contributed by atoms with Gasteiger partial charge >= 0.3 is 0 Å². The van der Waals surface area contributed by atoms with Crippen LogP contribution in [0.4, 0.5) is 11.9 Å². The van der Waals surface area contributed by atoms with Crippen LogP contribution in [-0.2, 0) is 19.1 Å². The zero-order valence-electron chi connectivity index (χ0n) is 23.1. The maximum atomic E-state index is 12.6. The van der Waals surface area contributed by atoms with E-state index in [9.17, 15) is 34.5 Å². The molecule has 0 aromatic carbocycles. The number of nitrogens with two attached hydrogens (primary N) is 2. The van der Waals surface area contributed by atoms with Crippen LogP contribution in [0.25, 0.3) is 22.3 Å². The molecule has 2 aliphatic heterocycles. The molecule has 45 heavy (non-hydrogen) atoms. The molecule has 1 aliphatic carbocycles. The second-order valence-electron chi connectivity index (χ2n) is 11.0. The van der Waals surface area contributed by atoms with E-state index in [2.05, 4.69) is 40.5 Å². The van der Waals surface area contributed by atoms with Gasteiger partial charge in [0, 0.05) is 13.0 Å². The SMILES string of the molecule is Nc1nc2c(ncn2C2CC(O)C(CNC3C(=O)C(=O)C3NC3C(CO)OC(n4cnc5c(=O)[nH]c(N)nc54)C3O)O2)c(=O)[nH]1.